The fourth-order valence-corrected chi connectivity index (χ4v) is 4.00. The quantitative estimate of drug-likeness (QED) is 0.486. The number of aromatic nitrogens is 3. The number of ether oxygens (including phenoxy) is 1. The highest BCUT2D eigenvalue weighted by molar-refractivity contribution is 6.06. The summed E-state index contributed by atoms with van der Waals surface area (Å²) in [6, 6.07) is 14.3. The molecule has 0 saturated carbocycles. The average Bonchev–Trinajstić information content (AvgIpc) is 3.07. The van der Waals surface area contributed by atoms with Gasteiger partial charge in [-0.05, 0) is 30.7 Å². The standard InChI is InChI=1S/C24H22FN5O2/c1-14-7-18-19(22(26)31)8-17(25)9-21(18)30(14)24-28-11-20(16-12-32-13-16)23(29-24)27-10-15-5-3-2-4-6-15/h2-9,11,16H,10,12-13H2,1H3,(H2,26,31)(H,27,28,29). The van der Waals surface area contributed by atoms with Crippen LogP contribution >= 0.6 is 0 Å². The van der Waals surface area contributed by atoms with Crippen LogP contribution in [0.5, 0.6) is 0 Å². The Labute approximate surface area is 184 Å². The minimum atomic E-state index is -0.682. The molecular weight excluding hydrogens is 409 g/mol. The Hall–Kier alpha value is -3.78. The fraction of sp³-hybridized carbons (Fsp3) is 0.208. The van der Waals surface area contributed by atoms with Crippen molar-refractivity contribution in [2.24, 2.45) is 5.73 Å². The number of fused-ring (bicyclic) bond motifs is 1. The molecule has 3 N–H and O–H groups in total. The van der Waals surface area contributed by atoms with Gasteiger partial charge in [-0.3, -0.25) is 9.36 Å². The van der Waals surface area contributed by atoms with Gasteiger partial charge in [0.1, 0.15) is 11.6 Å². The number of benzene rings is 2. The highest BCUT2D eigenvalue weighted by Crippen LogP contribution is 2.31. The van der Waals surface area contributed by atoms with Crippen LogP contribution in [0.4, 0.5) is 10.2 Å². The Bertz CT molecular complexity index is 1320. The average molecular weight is 431 g/mol. The Morgan fingerprint density at radius 2 is 2.03 bits per heavy atom. The van der Waals surface area contributed by atoms with E-state index in [0.29, 0.717) is 42.4 Å². The predicted molar refractivity (Wildman–Crippen MR) is 119 cm³/mol. The topological polar surface area (TPSA) is 95.1 Å². The van der Waals surface area contributed by atoms with Gasteiger partial charge in [-0.1, -0.05) is 30.3 Å². The van der Waals surface area contributed by atoms with Crippen LogP contribution in [0.3, 0.4) is 0 Å². The monoisotopic (exact) mass is 431 g/mol. The maximum absolute atomic E-state index is 14.3. The molecule has 7 nitrogen and oxygen atoms in total. The first-order valence-corrected chi connectivity index (χ1v) is 10.4. The molecule has 1 fully saturated rings. The number of hydrogen-bond acceptors (Lipinski definition) is 5. The Kier molecular flexibility index (Phi) is 5.07. The number of primary amides is 1. The van der Waals surface area contributed by atoms with Crippen LogP contribution in [-0.4, -0.2) is 33.7 Å². The summed E-state index contributed by atoms with van der Waals surface area (Å²) >= 11 is 0. The molecule has 2 aromatic carbocycles. The summed E-state index contributed by atoms with van der Waals surface area (Å²) in [7, 11) is 0. The minimum absolute atomic E-state index is 0.132. The number of amides is 1. The lowest BCUT2D eigenvalue weighted by atomic mass is 9.99. The van der Waals surface area contributed by atoms with Crippen LogP contribution in [0.25, 0.3) is 16.9 Å². The largest absolute Gasteiger partial charge is 0.380 e. The second kappa shape index (κ2) is 8.05. The Morgan fingerprint density at radius 1 is 1.25 bits per heavy atom. The van der Waals surface area contributed by atoms with Gasteiger partial charge in [0.15, 0.2) is 0 Å². The second-order valence-corrected chi connectivity index (χ2v) is 7.92. The lowest BCUT2D eigenvalue weighted by Crippen LogP contribution is -2.27. The van der Waals surface area contributed by atoms with E-state index in [1.165, 1.54) is 6.07 Å². The summed E-state index contributed by atoms with van der Waals surface area (Å²) in [5, 5.41) is 3.99. The number of halogens is 1. The van der Waals surface area contributed by atoms with Crippen LogP contribution < -0.4 is 11.1 Å². The van der Waals surface area contributed by atoms with Gasteiger partial charge < -0.3 is 15.8 Å². The highest BCUT2D eigenvalue weighted by atomic mass is 19.1. The van der Waals surface area contributed by atoms with E-state index in [-0.39, 0.29) is 11.5 Å². The van der Waals surface area contributed by atoms with Gasteiger partial charge in [0.2, 0.25) is 11.9 Å². The van der Waals surface area contributed by atoms with E-state index in [1.54, 1.807) is 16.8 Å². The molecule has 0 aliphatic carbocycles. The molecule has 0 bridgehead atoms. The zero-order valence-corrected chi connectivity index (χ0v) is 17.5. The normalized spacial score (nSPS) is 13.8. The minimum Gasteiger partial charge on any atom is -0.380 e. The molecule has 32 heavy (non-hydrogen) atoms. The van der Waals surface area contributed by atoms with Crippen LogP contribution in [-0.2, 0) is 11.3 Å². The predicted octanol–water partition coefficient (Wildman–Crippen LogP) is 3.69. The van der Waals surface area contributed by atoms with E-state index in [9.17, 15) is 9.18 Å². The fourth-order valence-electron chi connectivity index (χ4n) is 4.00. The van der Waals surface area contributed by atoms with E-state index in [0.717, 1.165) is 22.9 Å². The molecule has 8 heteroatoms. The van der Waals surface area contributed by atoms with Crippen molar-refractivity contribution in [2.75, 3.05) is 18.5 Å². The number of hydrogen-bond donors (Lipinski definition) is 2. The smallest absolute Gasteiger partial charge is 0.249 e. The number of carbonyl (C=O) groups is 1. The molecule has 1 saturated heterocycles. The molecule has 3 heterocycles. The summed E-state index contributed by atoms with van der Waals surface area (Å²) in [6.45, 7) is 3.71. The maximum Gasteiger partial charge on any atom is 0.249 e. The third-order valence-electron chi connectivity index (χ3n) is 5.72. The number of nitrogens with one attached hydrogen (secondary N) is 1. The number of nitrogens with two attached hydrogens (primary N) is 1. The number of rotatable bonds is 6. The van der Waals surface area contributed by atoms with Crippen molar-refractivity contribution in [3.8, 4) is 5.95 Å². The zero-order valence-electron chi connectivity index (χ0n) is 17.5. The second-order valence-electron chi connectivity index (χ2n) is 7.92. The van der Waals surface area contributed by atoms with Gasteiger partial charge in [0, 0.05) is 35.3 Å². The van der Waals surface area contributed by atoms with Gasteiger partial charge in [-0.2, -0.15) is 4.98 Å². The van der Waals surface area contributed by atoms with Crippen molar-refractivity contribution in [3.63, 3.8) is 0 Å². The molecule has 1 aliphatic rings. The van der Waals surface area contributed by atoms with Gasteiger partial charge >= 0.3 is 0 Å². The highest BCUT2D eigenvalue weighted by Gasteiger charge is 2.26. The van der Waals surface area contributed by atoms with E-state index < -0.39 is 11.7 Å². The molecule has 1 aliphatic heterocycles. The van der Waals surface area contributed by atoms with Crippen LogP contribution in [0.2, 0.25) is 0 Å². The SMILES string of the molecule is Cc1cc2c(C(N)=O)cc(F)cc2n1-c1ncc(C2COC2)c(NCc2ccccc2)n1. The van der Waals surface area contributed by atoms with Gasteiger partial charge in [-0.15, -0.1) is 0 Å². The van der Waals surface area contributed by atoms with Crippen molar-refractivity contribution < 1.29 is 13.9 Å². The van der Waals surface area contributed by atoms with Crippen LogP contribution in [0.1, 0.15) is 33.1 Å². The van der Waals surface area contributed by atoms with E-state index in [4.69, 9.17) is 15.5 Å². The molecule has 4 aromatic rings. The molecule has 0 spiro atoms. The summed E-state index contributed by atoms with van der Waals surface area (Å²) in [6.07, 6.45) is 1.79. The molecule has 0 radical (unpaired) electrons. The maximum atomic E-state index is 14.3. The van der Waals surface area contributed by atoms with Gasteiger partial charge in [-0.25, -0.2) is 9.37 Å². The molecule has 5 rings (SSSR count). The van der Waals surface area contributed by atoms with Crippen molar-refractivity contribution in [3.05, 3.63) is 82.9 Å². The summed E-state index contributed by atoms with van der Waals surface area (Å²) in [4.78, 5) is 21.2. The van der Waals surface area contributed by atoms with Crippen LogP contribution in [0.15, 0.2) is 54.7 Å². The van der Waals surface area contributed by atoms with Gasteiger partial charge in [0.25, 0.3) is 0 Å². The Morgan fingerprint density at radius 3 is 2.72 bits per heavy atom. The van der Waals surface area contributed by atoms with Crippen LogP contribution in [0, 0.1) is 12.7 Å². The number of carbonyl (C=O) groups excluding carboxylic acids is 1. The molecule has 162 valence electrons. The summed E-state index contributed by atoms with van der Waals surface area (Å²) < 4.78 is 21.4. The van der Waals surface area contributed by atoms with Crippen molar-refractivity contribution in [2.45, 2.75) is 19.4 Å². The summed E-state index contributed by atoms with van der Waals surface area (Å²) in [5.74, 6) is 0.0937. The molecule has 0 unspecified atom stereocenters. The summed E-state index contributed by atoms with van der Waals surface area (Å²) in [5.41, 5.74) is 8.97. The third-order valence-corrected chi connectivity index (χ3v) is 5.72. The van der Waals surface area contributed by atoms with Crippen molar-refractivity contribution in [1.29, 1.82) is 0 Å². The first-order valence-electron chi connectivity index (χ1n) is 10.4. The van der Waals surface area contributed by atoms with Crippen molar-refractivity contribution >= 4 is 22.6 Å². The van der Waals surface area contributed by atoms with E-state index in [1.807, 2.05) is 37.3 Å². The number of anilines is 1. The molecule has 2 aromatic heterocycles. The lowest BCUT2D eigenvalue weighted by molar-refractivity contribution is 0.00843. The number of aryl methyl sites for hydroxylation is 1. The first-order chi connectivity index (χ1) is 15.5. The first kappa shape index (κ1) is 20.1. The lowest BCUT2D eigenvalue weighted by Gasteiger charge is -2.28. The number of nitrogens with zero attached hydrogens (tertiary/aromatic N) is 3. The van der Waals surface area contributed by atoms with Gasteiger partial charge in [0.05, 0.1) is 24.3 Å². The third kappa shape index (κ3) is 3.58. The van der Waals surface area contributed by atoms with E-state index in [2.05, 4.69) is 10.3 Å². The van der Waals surface area contributed by atoms with E-state index >= 15 is 0 Å². The molecular formula is C24H22FN5O2. The molecule has 0 atom stereocenters. The van der Waals surface area contributed by atoms with Crippen molar-refractivity contribution in [1.82, 2.24) is 14.5 Å². The molecule has 1 amide bonds. The zero-order chi connectivity index (χ0) is 22.2. The Balaban J connectivity index is 1.60.